The van der Waals surface area contributed by atoms with Gasteiger partial charge in [-0.25, -0.2) is 0 Å². The molecule has 1 aromatic carbocycles. The molecule has 2 N–H and O–H groups in total. The monoisotopic (exact) mass is 252 g/mol. The molecule has 0 spiro atoms. The van der Waals surface area contributed by atoms with Crippen molar-refractivity contribution in [3.8, 4) is 5.75 Å². The van der Waals surface area contributed by atoms with E-state index in [2.05, 4.69) is 4.74 Å². The smallest absolute Gasteiger partial charge is 0.310 e. The van der Waals surface area contributed by atoms with Crippen LogP contribution in [0.2, 0.25) is 0 Å². The number of rotatable bonds is 5. The molecule has 0 atom stereocenters. The molecule has 0 bridgehead atoms. The fourth-order valence-corrected chi connectivity index (χ4v) is 1.43. The summed E-state index contributed by atoms with van der Waals surface area (Å²) in [6, 6.07) is 6.84. The minimum absolute atomic E-state index is 0.252. The predicted octanol–water partition coefficient (Wildman–Crippen LogP) is 0.952. The van der Waals surface area contributed by atoms with Gasteiger partial charge in [0.05, 0.1) is 12.7 Å². The summed E-state index contributed by atoms with van der Waals surface area (Å²) < 4.78 is 9.52. The first-order valence-corrected chi connectivity index (χ1v) is 5.27. The normalized spacial score (nSPS) is 12.4. The lowest BCUT2D eigenvalue weighted by atomic mass is 10.1. The average molecular weight is 252 g/mol. The Balaban J connectivity index is 3.20. The zero-order valence-corrected chi connectivity index (χ0v) is 10.5. The van der Waals surface area contributed by atoms with Crippen molar-refractivity contribution in [2.24, 2.45) is 0 Å². The molecule has 1 rings (SSSR count). The number of carbonyl (C=O) groups excluding carboxylic acids is 1. The van der Waals surface area contributed by atoms with E-state index in [0.717, 1.165) is 7.11 Å². The molecule has 1 aromatic rings. The number of carbonyl (C=O) groups is 1. The molecule has 0 radical (unpaired) electrons. The van der Waals surface area contributed by atoms with E-state index >= 15 is 0 Å². The summed E-state index contributed by atoms with van der Waals surface area (Å²) in [6.45, 7) is 1.23. The molecule has 18 heavy (non-hydrogen) atoms. The Hall–Kier alpha value is -1.69. The Bertz CT molecular complexity index is 462. The molecular weight excluding hydrogens is 236 g/mol. The average Bonchev–Trinajstić information content (AvgIpc) is 2.35. The van der Waals surface area contributed by atoms with Gasteiger partial charge in [0.2, 0.25) is 0 Å². The lowest BCUT2D eigenvalue weighted by Gasteiger charge is -2.21. The highest BCUT2D eigenvalue weighted by Gasteiger charge is 2.31. The third-order valence-corrected chi connectivity index (χ3v) is 2.42. The van der Waals surface area contributed by atoms with E-state index in [9.17, 15) is 15.0 Å². The van der Waals surface area contributed by atoms with Crippen molar-refractivity contribution in [1.29, 1.82) is 0 Å². The number of ether oxygens (including phenoxy) is 2. The largest absolute Gasteiger partial charge is 0.497 e. The third-order valence-electron chi connectivity index (χ3n) is 2.42. The van der Waals surface area contributed by atoms with Crippen LogP contribution in [0.3, 0.4) is 0 Å². The highest BCUT2D eigenvalue weighted by atomic mass is 16.8. The second kappa shape index (κ2) is 5.77. The van der Waals surface area contributed by atoms with Gasteiger partial charge >= 0.3 is 5.97 Å². The molecule has 0 aliphatic carbocycles. The van der Waals surface area contributed by atoms with Gasteiger partial charge in [-0.2, -0.15) is 0 Å². The molecule has 0 aromatic heterocycles. The van der Waals surface area contributed by atoms with Crippen molar-refractivity contribution < 1.29 is 24.5 Å². The summed E-state index contributed by atoms with van der Waals surface area (Å²) in [7, 11) is 2.62. The van der Waals surface area contributed by atoms with Gasteiger partial charge in [0.25, 0.3) is 0 Å². The molecule has 0 saturated carbocycles. The van der Waals surface area contributed by atoms with E-state index in [1.807, 2.05) is 0 Å². The molecule has 0 fully saturated rings. The maximum Gasteiger partial charge on any atom is 0.310 e. The molecule has 0 saturated heterocycles. The summed E-state index contributed by atoms with van der Waals surface area (Å²) in [5.41, 5.74) is 0.349. The standard InChI is InChI=1S/C13H16O5/c1-9(14)12(13(15,16)18-3)8-10-5-4-6-11(7-10)17-2/h4-8,15-16H,1-3H3. The molecule has 0 amide bonds. The molecule has 0 aliphatic heterocycles. The number of hydrogen-bond donors (Lipinski definition) is 2. The Morgan fingerprint density at radius 1 is 1.33 bits per heavy atom. The van der Waals surface area contributed by atoms with Crippen LogP contribution in [0.5, 0.6) is 5.75 Å². The second-order valence-corrected chi connectivity index (χ2v) is 3.70. The van der Waals surface area contributed by atoms with E-state index in [-0.39, 0.29) is 5.57 Å². The molecule has 98 valence electrons. The van der Waals surface area contributed by atoms with Crippen LogP contribution in [0.4, 0.5) is 0 Å². The summed E-state index contributed by atoms with van der Waals surface area (Å²) >= 11 is 0. The second-order valence-electron chi connectivity index (χ2n) is 3.70. The summed E-state index contributed by atoms with van der Waals surface area (Å²) in [6.07, 6.45) is 1.34. The zero-order chi connectivity index (χ0) is 13.8. The van der Waals surface area contributed by atoms with E-state index in [4.69, 9.17) is 4.74 Å². The summed E-state index contributed by atoms with van der Waals surface area (Å²) in [5, 5.41) is 19.1. The lowest BCUT2D eigenvalue weighted by molar-refractivity contribution is -0.295. The highest BCUT2D eigenvalue weighted by molar-refractivity contribution is 5.99. The van der Waals surface area contributed by atoms with Crippen molar-refractivity contribution in [2.45, 2.75) is 12.9 Å². The Kier molecular flexibility index (Phi) is 4.61. The fourth-order valence-electron chi connectivity index (χ4n) is 1.43. The highest BCUT2D eigenvalue weighted by Crippen LogP contribution is 2.21. The quantitative estimate of drug-likeness (QED) is 0.603. The number of Topliss-reactive ketones (excluding diaryl/α,β-unsaturated/α-hetero) is 1. The van der Waals surface area contributed by atoms with Crippen LogP contribution in [-0.4, -0.2) is 36.2 Å². The molecule has 0 unspecified atom stereocenters. The van der Waals surface area contributed by atoms with Crippen molar-refractivity contribution in [2.75, 3.05) is 14.2 Å². The van der Waals surface area contributed by atoms with Gasteiger partial charge in [0.15, 0.2) is 5.78 Å². The molecule has 0 heterocycles. The lowest BCUT2D eigenvalue weighted by Crippen LogP contribution is -2.35. The Labute approximate surface area is 105 Å². The van der Waals surface area contributed by atoms with Gasteiger partial charge in [-0.3, -0.25) is 4.79 Å². The van der Waals surface area contributed by atoms with Crippen molar-refractivity contribution >= 4 is 11.9 Å². The van der Waals surface area contributed by atoms with Crippen LogP contribution in [0.25, 0.3) is 6.08 Å². The van der Waals surface area contributed by atoms with Gasteiger partial charge in [-0.1, -0.05) is 12.1 Å². The fraction of sp³-hybridized carbons (Fsp3) is 0.308. The maximum atomic E-state index is 11.4. The maximum absolute atomic E-state index is 11.4. The third kappa shape index (κ3) is 3.40. The van der Waals surface area contributed by atoms with Gasteiger partial charge in [-0.15, -0.1) is 0 Å². The van der Waals surface area contributed by atoms with Crippen LogP contribution >= 0.6 is 0 Å². The Morgan fingerprint density at radius 2 is 2.00 bits per heavy atom. The number of methoxy groups -OCH3 is 2. The minimum atomic E-state index is -2.60. The van der Waals surface area contributed by atoms with Crippen LogP contribution in [-0.2, 0) is 9.53 Å². The van der Waals surface area contributed by atoms with Crippen molar-refractivity contribution in [3.05, 3.63) is 35.4 Å². The molecule has 5 heteroatoms. The SMILES string of the molecule is COc1cccc(C=C(C(C)=O)C(O)(O)OC)c1. The van der Waals surface area contributed by atoms with Crippen molar-refractivity contribution in [3.63, 3.8) is 0 Å². The summed E-state index contributed by atoms with van der Waals surface area (Å²) in [4.78, 5) is 11.4. The number of benzene rings is 1. The summed E-state index contributed by atoms with van der Waals surface area (Å²) in [5.74, 6) is -2.50. The molecule has 0 aliphatic rings. The zero-order valence-electron chi connectivity index (χ0n) is 10.5. The first kappa shape index (κ1) is 14.4. The molecule has 5 nitrogen and oxygen atoms in total. The van der Waals surface area contributed by atoms with Gasteiger partial charge < -0.3 is 19.7 Å². The first-order chi connectivity index (χ1) is 8.40. The first-order valence-electron chi connectivity index (χ1n) is 5.27. The number of aliphatic hydroxyl groups is 2. The van der Waals surface area contributed by atoms with Gasteiger partial charge in [0, 0.05) is 7.11 Å². The molecular formula is C13H16O5. The minimum Gasteiger partial charge on any atom is -0.497 e. The number of ketones is 1. The topological polar surface area (TPSA) is 76.0 Å². The van der Waals surface area contributed by atoms with E-state index in [1.165, 1.54) is 20.1 Å². The Morgan fingerprint density at radius 3 is 2.50 bits per heavy atom. The number of hydrogen-bond acceptors (Lipinski definition) is 5. The van der Waals surface area contributed by atoms with E-state index in [0.29, 0.717) is 11.3 Å². The van der Waals surface area contributed by atoms with E-state index in [1.54, 1.807) is 24.3 Å². The van der Waals surface area contributed by atoms with Gasteiger partial charge in [0.1, 0.15) is 5.75 Å². The van der Waals surface area contributed by atoms with E-state index < -0.39 is 11.8 Å². The van der Waals surface area contributed by atoms with Crippen LogP contribution in [0, 0.1) is 0 Å². The predicted molar refractivity (Wildman–Crippen MR) is 65.8 cm³/mol. The van der Waals surface area contributed by atoms with Crippen LogP contribution < -0.4 is 4.74 Å². The van der Waals surface area contributed by atoms with Crippen LogP contribution in [0.1, 0.15) is 12.5 Å². The van der Waals surface area contributed by atoms with Crippen LogP contribution in [0.15, 0.2) is 29.8 Å². The van der Waals surface area contributed by atoms with Crippen molar-refractivity contribution in [1.82, 2.24) is 0 Å². The van der Waals surface area contributed by atoms with Gasteiger partial charge in [-0.05, 0) is 30.7 Å².